The third-order valence-corrected chi connectivity index (χ3v) is 4.72. The molecule has 0 aliphatic carbocycles. The minimum Gasteiger partial charge on any atom is -0.368 e. The Morgan fingerprint density at radius 1 is 1.41 bits per heavy atom. The predicted molar refractivity (Wildman–Crippen MR) is 86.0 cm³/mol. The second kappa shape index (κ2) is 6.10. The molecule has 0 bridgehead atoms. The first-order valence-corrected chi connectivity index (χ1v) is 8.52. The summed E-state index contributed by atoms with van der Waals surface area (Å²) in [7, 11) is 0. The second-order valence-electron chi connectivity index (χ2n) is 6.84. The Morgan fingerprint density at radius 3 is 2.86 bits per heavy atom. The molecule has 1 saturated heterocycles. The van der Waals surface area contributed by atoms with E-state index in [4.69, 9.17) is 14.2 Å². The van der Waals surface area contributed by atoms with Gasteiger partial charge in [-0.1, -0.05) is 25.9 Å². The van der Waals surface area contributed by atoms with Crippen LogP contribution in [0.5, 0.6) is 0 Å². The Labute approximate surface area is 135 Å². The summed E-state index contributed by atoms with van der Waals surface area (Å²) in [6.07, 6.45) is 0.0582. The summed E-state index contributed by atoms with van der Waals surface area (Å²) in [5.74, 6) is 0.856. The van der Waals surface area contributed by atoms with Gasteiger partial charge in [0.15, 0.2) is 0 Å². The van der Waals surface area contributed by atoms with Crippen LogP contribution in [0.3, 0.4) is 0 Å². The van der Waals surface area contributed by atoms with Gasteiger partial charge in [-0.15, -0.1) is 11.3 Å². The average molecular weight is 321 g/mol. The third kappa shape index (κ3) is 3.56. The van der Waals surface area contributed by atoms with E-state index in [9.17, 15) is 0 Å². The third-order valence-electron chi connectivity index (χ3n) is 3.78. The molecule has 0 spiro atoms. The zero-order chi connectivity index (χ0) is 15.7. The van der Waals surface area contributed by atoms with Crippen LogP contribution in [0.2, 0.25) is 0 Å². The van der Waals surface area contributed by atoms with Crippen LogP contribution in [-0.2, 0) is 16.7 Å². The van der Waals surface area contributed by atoms with Gasteiger partial charge in [0.1, 0.15) is 16.9 Å². The monoisotopic (exact) mass is 321 g/mol. The first-order valence-electron chi connectivity index (χ1n) is 7.64. The van der Waals surface area contributed by atoms with Gasteiger partial charge in [0, 0.05) is 36.5 Å². The molecule has 0 radical (unpaired) electrons. The maximum atomic E-state index is 5.93. The van der Waals surface area contributed by atoms with E-state index in [0.717, 1.165) is 48.4 Å². The largest absolute Gasteiger partial charge is 0.368 e. The molecule has 1 aliphatic rings. The van der Waals surface area contributed by atoms with Crippen molar-refractivity contribution in [2.75, 3.05) is 19.7 Å². The SMILES string of the molecule is Cc1cc(CN2CCO[C@H](c3nc(C(C)(C)C)cs3)C2)no1. The molecule has 3 rings (SSSR count). The molecule has 0 N–H and O–H groups in total. The summed E-state index contributed by atoms with van der Waals surface area (Å²) < 4.78 is 11.1. The normalized spacial score (nSPS) is 20.5. The van der Waals surface area contributed by atoms with E-state index in [1.54, 1.807) is 11.3 Å². The van der Waals surface area contributed by atoms with Gasteiger partial charge in [0.05, 0.1) is 18.0 Å². The first kappa shape index (κ1) is 15.6. The Hall–Kier alpha value is -1.24. The molecule has 5 nitrogen and oxygen atoms in total. The summed E-state index contributed by atoms with van der Waals surface area (Å²) in [4.78, 5) is 7.13. The number of rotatable bonds is 3. The molecule has 3 heterocycles. The lowest BCUT2D eigenvalue weighted by Gasteiger charge is -2.31. The minimum atomic E-state index is 0.0582. The van der Waals surface area contributed by atoms with E-state index in [1.165, 1.54) is 0 Å². The van der Waals surface area contributed by atoms with Crippen molar-refractivity contribution in [1.82, 2.24) is 15.0 Å². The molecule has 2 aromatic rings. The number of hydrogen-bond donors (Lipinski definition) is 0. The van der Waals surface area contributed by atoms with E-state index in [0.29, 0.717) is 0 Å². The van der Waals surface area contributed by atoms with Crippen LogP contribution >= 0.6 is 11.3 Å². The fourth-order valence-electron chi connectivity index (χ4n) is 2.50. The number of ether oxygens (including phenoxy) is 1. The summed E-state index contributed by atoms with van der Waals surface area (Å²) in [6, 6.07) is 1.99. The molecule has 2 aromatic heterocycles. The van der Waals surface area contributed by atoms with Gasteiger partial charge in [0.2, 0.25) is 0 Å². The van der Waals surface area contributed by atoms with Gasteiger partial charge < -0.3 is 9.26 Å². The fourth-order valence-corrected chi connectivity index (χ4v) is 3.58. The molecule has 0 unspecified atom stereocenters. The van der Waals surface area contributed by atoms with Crippen molar-refractivity contribution in [3.05, 3.63) is 33.6 Å². The Bertz CT molecular complexity index is 629. The van der Waals surface area contributed by atoms with Crippen molar-refractivity contribution in [2.24, 2.45) is 0 Å². The van der Waals surface area contributed by atoms with Crippen LogP contribution in [0, 0.1) is 6.92 Å². The van der Waals surface area contributed by atoms with Gasteiger partial charge in [-0.3, -0.25) is 4.90 Å². The van der Waals surface area contributed by atoms with Crippen LogP contribution in [0.25, 0.3) is 0 Å². The standard InChI is InChI=1S/C16H23N3O2S/c1-11-7-12(18-21-11)8-19-5-6-20-13(9-19)15-17-14(10-22-15)16(2,3)4/h7,10,13H,5-6,8-9H2,1-4H3/t13-/m0/s1. The van der Waals surface area contributed by atoms with Gasteiger partial charge in [-0.25, -0.2) is 4.98 Å². The van der Waals surface area contributed by atoms with Crippen molar-refractivity contribution >= 4 is 11.3 Å². The van der Waals surface area contributed by atoms with E-state index in [-0.39, 0.29) is 11.5 Å². The highest BCUT2D eigenvalue weighted by atomic mass is 32.1. The Kier molecular flexibility index (Phi) is 4.34. The number of morpholine rings is 1. The molecule has 6 heteroatoms. The highest BCUT2D eigenvalue weighted by Gasteiger charge is 2.27. The van der Waals surface area contributed by atoms with Gasteiger partial charge in [-0.2, -0.15) is 0 Å². The fraction of sp³-hybridized carbons (Fsp3) is 0.625. The van der Waals surface area contributed by atoms with E-state index in [2.05, 4.69) is 36.2 Å². The molecule has 1 aliphatic heterocycles. The van der Waals surface area contributed by atoms with E-state index in [1.807, 2.05) is 13.0 Å². The van der Waals surface area contributed by atoms with E-state index >= 15 is 0 Å². The number of aromatic nitrogens is 2. The molecular formula is C16H23N3O2S. The first-order chi connectivity index (χ1) is 10.4. The molecule has 0 aromatic carbocycles. The van der Waals surface area contributed by atoms with E-state index < -0.39 is 0 Å². The Morgan fingerprint density at radius 2 is 2.23 bits per heavy atom. The van der Waals surface area contributed by atoms with Gasteiger partial charge in [-0.05, 0) is 6.92 Å². The van der Waals surface area contributed by atoms with Crippen molar-refractivity contribution in [2.45, 2.75) is 45.8 Å². The van der Waals surface area contributed by atoms with Gasteiger partial charge >= 0.3 is 0 Å². The lowest BCUT2D eigenvalue weighted by atomic mass is 9.93. The zero-order valence-corrected chi connectivity index (χ0v) is 14.4. The molecule has 120 valence electrons. The number of aryl methyl sites for hydroxylation is 1. The number of thiazole rings is 1. The molecule has 0 amide bonds. The summed E-state index contributed by atoms with van der Waals surface area (Å²) in [6.45, 7) is 11.8. The predicted octanol–water partition coefficient (Wildman–Crippen LogP) is 3.31. The average Bonchev–Trinajstić information content (AvgIpc) is 3.08. The smallest absolute Gasteiger partial charge is 0.133 e. The molecule has 1 fully saturated rings. The topological polar surface area (TPSA) is 51.4 Å². The van der Waals surface area contributed by atoms with Crippen molar-refractivity contribution in [1.29, 1.82) is 0 Å². The van der Waals surface area contributed by atoms with Crippen LogP contribution in [0.15, 0.2) is 16.0 Å². The van der Waals surface area contributed by atoms with Gasteiger partial charge in [0.25, 0.3) is 0 Å². The van der Waals surface area contributed by atoms with Crippen molar-refractivity contribution < 1.29 is 9.26 Å². The quantitative estimate of drug-likeness (QED) is 0.868. The van der Waals surface area contributed by atoms with Crippen molar-refractivity contribution in [3.8, 4) is 0 Å². The lowest BCUT2D eigenvalue weighted by molar-refractivity contribution is -0.0336. The molecule has 0 saturated carbocycles. The zero-order valence-electron chi connectivity index (χ0n) is 13.6. The minimum absolute atomic E-state index is 0.0582. The Balaban J connectivity index is 1.66. The summed E-state index contributed by atoms with van der Waals surface area (Å²) in [5.41, 5.74) is 2.20. The van der Waals surface area contributed by atoms with Crippen molar-refractivity contribution in [3.63, 3.8) is 0 Å². The summed E-state index contributed by atoms with van der Waals surface area (Å²) >= 11 is 1.70. The maximum Gasteiger partial charge on any atom is 0.133 e. The van der Waals surface area contributed by atoms with Crippen LogP contribution in [-0.4, -0.2) is 34.7 Å². The highest BCUT2D eigenvalue weighted by Crippen LogP contribution is 2.30. The van der Waals surface area contributed by atoms with Crippen LogP contribution in [0.1, 0.15) is 49.0 Å². The van der Waals surface area contributed by atoms with Crippen LogP contribution in [0.4, 0.5) is 0 Å². The number of nitrogens with zero attached hydrogens (tertiary/aromatic N) is 3. The molecular weight excluding hydrogens is 298 g/mol. The second-order valence-corrected chi connectivity index (χ2v) is 7.73. The lowest BCUT2D eigenvalue weighted by Crippen LogP contribution is -2.37. The maximum absolute atomic E-state index is 5.93. The molecule has 22 heavy (non-hydrogen) atoms. The highest BCUT2D eigenvalue weighted by molar-refractivity contribution is 7.09. The number of hydrogen-bond acceptors (Lipinski definition) is 6. The van der Waals surface area contributed by atoms with Crippen LogP contribution < -0.4 is 0 Å². The molecule has 1 atom stereocenters. The summed E-state index contributed by atoms with van der Waals surface area (Å²) in [5, 5.41) is 7.30.